The second kappa shape index (κ2) is 8.71. The van der Waals surface area contributed by atoms with Crippen LogP contribution < -0.4 is 9.46 Å². The summed E-state index contributed by atoms with van der Waals surface area (Å²) in [6, 6.07) is 6.66. The predicted octanol–water partition coefficient (Wildman–Crippen LogP) is 3.60. The lowest BCUT2D eigenvalue weighted by atomic mass is 9.97. The lowest BCUT2D eigenvalue weighted by Crippen LogP contribution is -2.38. The van der Waals surface area contributed by atoms with E-state index in [0.717, 1.165) is 32.5 Å². The molecule has 0 atom stereocenters. The number of ether oxygens (including phenoxy) is 1. The van der Waals surface area contributed by atoms with Gasteiger partial charge in [-0.2, -0.15) is 11.3 Å². The molecule has 0 spiro atoms. The van der Waals surface area contributed by atoms with Crippen LogP contribution in [0.4, 0.5) is 0 Å². The summed E-state index contributed by atoms with van der Waals surface area (Å²) in [6.07, 6.45) is 1.99. The van der Waals surface area contributed by atoms with Crippen molar-refractivity contribution in [2.75, 3.05) is 26.7 Å². The van der Waals surface area contributed by atoms with Crippen LogP contribution in [0.15, 0.2) is 39.9 Å². The number of thiophene rings is 1. The molecule has 1 aliphatic rings. The molecule has 1 N–H and O–H groups in total. The maximum atomic E-state index is 12.5. The van der Waals surface area contributed by atoms with Crippen LogP contribution >= 0.6 is 22.9 Å². The summed E-state index contributed by atoms with van der Waals surface area (Å²) in [5, 5.41) is 4.57. The highest BCUT2D eigenvalue weighted by Crippen LogP contribution is 2.27. The van der Waals surface area contributed by atoms with Crippen molar-refractivity contribution >= 4 is 33.0 Å². The van der Waals surface area contributed by atoms with Crippen molar-refractivity contribution in [3.8, 4) is 5.75 Å². The summed E-state index contributed by atoms with van der Waals surface area (Å²) in [5.74, 6) is 0.820. The minimum atomic E-state index is -3.56. The molecular weight excluding hydrogens is 392 g/mol. The maximum absolute atomic E-state index is 12.5. The second-order valence-electron chi connectivity index (χ2n) is 6.50. The third-order valence-electron chi connectivity index (χ3n) is 4.69. The van der Waals surface area contributed by atoms with Crippen LogP contribution in [0.5, 0.6) is 5.75 Å². The van der Waals surface area contributed by atoms with Gasteiger partial charge in [0.1, 0.15) is 5.75 Å². The van der Waals surface area contributed by atoms with E-state index in [0.29, 0.717) is 18.2 Å². The Labute approximate surface area is 164 Å². The van der Waals surface area contributed by atoms with E-state index in [4.69, 9.17) is 16.3 Å². The summed E-state index contributed by atoms with van der Waals surface area (Å²) >= 11 is 7.76. The zero-order valence-corrected chi connectivity index (χ0v) is 17.0. The molecule has 0 bridgehead atoms. The molecule has 2 heterocycles. The van der Waals surface area contributed by atoms with Gasteiger partial charge in [-0.15, -0.1) is 0 Å². The van der Waals surface area contributed by atoms with Crippen LogP contribution in [0.1, 0.15) is 18.4 Å². The number of sulfonamides is 1. The van der Waals surface area contributed by atoms with Gasteiger partial charge in [0.25, 0.3) is 0 Å². The Morgan fingerprint density at radius 3 is 2.69 bits per heavy atom. The van der Waals surface area contributed by atoms with Crippen LogP contribution in [0.3, 0.4) is 0 Å². The Kier molecular flexibility index (Phi) is 6.58. The van der Waals surface area contributed by atoms with Crippen molar-refractivity contribution in [3.63, 3.8) is 0 Å². The van der Waals surface area contributed by atoms with Gasteiger partial charge < -0.3 is 4.74 Å². The van der Waals surface area contributed by atoms with Gasteiger partial charge in [0.05, 0.1) is 17.0 Å². The molecule has 0 saturated carbocycles. The lowest BCUT2D eigenvalue weighted by Gasteiger charge is -2.31. The molecule has 5 nitrogen and oxygen atoms in total. The number of hydrogen-bond donors (Lipinski definition) is 1. The summed E-state index contributed by atoms with van der Waals surface area (Å²) in [4.78, 5) is 2.59. The monoisotopic (exact) mass is 414 g/mol. The van der Waals surface area contributed by atoms with E-state index in [1.165, 1.54) is 24.8 Å². The fourth-order valence-electron chi connectivity index (χ4n) is 3.11. The van der Waals surface area contributed by atoms with E-state index >= 15 is 0 Å². The molecule has 2 aromatic rings. The first-order valence-electron chi connectivity index (χ1n) is 8.54. The Bertz CT molecular complexity index is 817. The molecule has 1 aromatic carbocycles. The zero-order chi connectivity index (χ0) is 18.6. The largest absolute Gasteiger partial charge is 0.495 e. The van der Waals surface area contributed by atoms with Gasteiger partial charge in [-0.05, 0) is 72.4 Å². The van der Waals surface area contributed by atoms with E-state index < -0.39 is 10.0 Å². The van der Waals surface area contributed by atoms with Crippen molar-refractivity contribution in [2.45, 2.75) is 24.3 Å². The quantitative estimate of drug-likeness (QED) is 0.752. The van der Waals surface area contributed by atoms with Crippen LogP contribution in [0.25, 0.3) is 0 Å². The normalized spacial score (nSPS) is 16.7. The van der Waals surface area contributed by atoms with Crippen molar-refractivity contribution in [2.24, 2.45) is 5.92 Å². The summed E-state index contributed by atoms with van der Waals surface area (Å²) in [7, 11) is -2.07. The molecule has 142 valence electrons. The highest BCUT2D eigenvalue weighted by atomic mass is 35.5. The number of benzene rings is 1. The third-order valence-corrected chi connectivity index (χ3v) is 7.14. The van der Waals surface area contributed by atoms with Gasteiger partial charge in [-0.3, -0.25) is 4.90 Å². The number of nitrogens with zero attached hydrogens (tertiary/aromatic N) is 1. The molecule has 1 saturated heterocycles. The van der Waals surface area contributed by atoms with E-state index in [1.54, 1.807) is 17.4 Å². The standard InChI is InChI=1S/C18H23ClN2O3S2/c1-24-18-3-2-16(10-17(18)19)26(22,23)20-11-14-4-7-21(8-5-14)12-15-6-9-25-13-15/h2-3,6,9-10,13-14,20H,4-5,7-8,11-12H2,1H3. The summed E-state index contributed by atoms with van der Waals surface area (Å²) < 4.78 is 32.8. The van der Waals surface area contributed by atoms with Crippen molar-refractivity contribution in [1.82, 2.24) is 9.62 Å². The van der Waals surface area contributed by atoms with Crippen LogP contribution in [-0.2, 0) is 16.6 Å². The Morgan fingerprint density at radius 2 is 2.08 bits per heavy atom. The Hall–Kier alpha value is -1.12. The van der Waals surface area contributed by atoms with Crippen molar-refractivity contribution < 1.29 is 13.2 Å². The van der Waals surface area contributed by atoms with Crippen molar-refractivity contribution in [3.05, 3.63) is 45.6 Å². The number of halogens is 1. The molecule has 0 unspecified atom stereocenters. The minimum Gasteiger partial charge on any atom is -0.495 e. The molecule has 0 aliphatic carbocycles. The fourth-order valence-corrected chi connectivity index (χ4v) is 5.24. The number of nitrogens with one attached hydrogen (secondary N) is 1. The SMILES string of the molecule is COc1ccc(S(=O)(=O)NCC2CCN(Cc3ccsc3)CC2)cc1Cl. The zero-order valence-electron chi connectivity index (χ0n) is 14.7. The van der Waals surface area contributed by atoms with Gasteiger partial charge in [-0.1, -0.05) is 11.6 Å². The van der Waals surface area contributed by atoms with Gasteiger partial charge >= 0.3 is 0 Å². The number of likely N-dealkylation sites (tertiary alicyclic amines) is 1. The summed E-state index contributed by atoms with van der Waals surface area (Å²) in [5.41, 5.74) is 1.35. The molecule has 3 rings (SSSR count). The minimum absolute atomic E-state index is 0.165. The van der Waals surface area contributed by atoms with E-state index in [1.807, 2.05) is 0 Å². The molecule has 1 aliphatic heterocycles. The molecule has 8 heteroatoms. The first-order chi connectivity index (χ1) is 12.5. The first kappa shape index (κ1) is 19.6. The highest BCUT2D eigenvalue weighted by Gasteiger charge is 2.22. The topological polar surface area (TPSA) is 58.6 Å². The molecule has 26 heavy (non-hydrogen) atoms. The maximum Gasteiger partial charge on any atom is 0.240 e. The predicted molar refractivity (Wildman–Crippen MR) is 106 cm³/mol. The van der Waals surface area contributed by atoms with Crippen molar-refractivity contribution in [1.29, 1.82) is 0 Å². The Morgan fingerprint density at radius 1 is 1.31 bits per heavy atom. The number of rotatable bonds is 7. The van der Waals surface area contributed by atoms with Crippen LogP contribution in [0, 0.1) is 5.92 Å². The van der Waals surface area contributed by atoms with E-state index in [9.17, 15) is 8.42 Å². The van der Waals surface area contributed by atoms with Crippen LogP contribution in [-0.4, -0.2) is 40.1 Å². The second-order valence-corrected chi connectivity index (χ2v) is 9.45. The molecule has 1 aromatic heterocycles. The van der Waals surface area contributed by atoms with E-state index in [-0.39, 0.29) is 9.92 Å². The average Bonchev–Trinajstić information content (AvgIpc) is 3.14. The highest BCUT2D eigenvalue weighted by molar-refractivity contribution is 7.89. The molecular formula is C18H23ClN2O3S2. The smallest absolute Gasteiger partial charge is 0.240 e. The molecule has 0 amide bonds. The summed E-state index contributed by atoms with van der Waals surface area (Å²) in [6.45, 7) is 3.43. The van der Waals surface area contributed by atoms with Gasteiger partial charge in [0, 0.05) is 13.1 Å². The number of methoxy groups -OCH3 is 1. The molecule has 0 radical (unpaired) electrons. The van der Waals surface area contributed by atoms with Crippen LogP contribution in [0.2, 0.25) is 5.02 Å². The average molecular weight is 415 g/mol. The third kappa shape index (κ3) is 4.98. The van der Waals surface area contributed by atoms with E-state index in [2.05, 4.69) is 26.4 Å². The lowest BCUT2D eigenvalue weighted by molar-refractivity contribution is 0.179. The first-order valence-corrected chi connectivity index (χ1v) is 11.3. The van der Waals surface area contributed by atoms with Gasteiger partial charge in [0.2, 0.25) is 10.0 Å². The van der Waals surface area contributed by atoms with Gasteiger partial charge in [-0.25, -0.2) is 13.1 Å². The Balaban J connectivity index is 1.50. The fraction of sp³-hybridized carbons (Fsp3) is 0.444. The number of hydrogen-bond acceptors (Lipinski definition) is 5. The number of piperidine rings is 1. The molecule has 1 fully saturated rings. The van der Waals surface area contributed by atoms with Gasteiger partial charge in [0.15, 0.2) is 0 Å².